The molecule has 2 aromatic rings. The summed E-state index contributed by atoms with van der Waals surface area (Å²) in [5.74, 6) is 1.74. The lowest BCUT2D eigenvalue weighted by molar-refractivity contribution is 0.182. The van der Waals surface area contributed by atoms with Crippen LogP contribution in [0, 0.1) is 13.8 Å². The van der Waals surface area contributed by atoms with E-state index < -0.39 is 0 Å². The van der Waals surface area contributed by atoms with Gasteiger partial charge in [0.1, 0.15) is 5.75 Å². The Hall–Kier alpha value is -2.54. The van der Waals surface area contributed by atoms with Gasteiger partial charge < -0.3 is 19.7 Å². The maximum atomic E-state index is 5.47. The Labute approximate surface area is 168 Å². The van der Waals surface area contributed by atoms with Gasteiger partial charge in [-0.05, 0) is 26.8 Å². The molecule has 1 aromatic heterocycles. The second-order valence-corrected chi connectivity index (χ2v) is 6.70. The minimum atomic E-state index is 0.587. The lowest BCUT2D eigenvalue weighted by Gasteiger charge is -2.23. The van der Waals surface area contributed by atoms with Gasteiger partial charge in [-0.25, -0.2) is 4.99 Å². The van der Waals surface area contributed by atoms with Crippen LogP contribution >= 0.6 is 0 Å². The number of aryl methyl sites for hydroxylation is 1. The Kier molecular flexibility index (Phi) is 8.32. The molecular formula is C21H33N5O2. The van der Waals surface area contributed by atoms with Gasteiger partial charge in [0.2, 0.25) is 0 Å². The molecule has 0 bridgehead atoms. The average Bonchev–Trinajstić information content (AvgIpc) is 2.96. The lowest BCUT2D eigenvalue weighted by atomic mass is 10.2. The quantitative estimate of drug-likeness (QED) is 0.529. The smallest absolute Gasteiger partial charge is 0.194 e. The van der Waals surface area contributed by atoms with Crippen molar-refractivity contribution in [3.05, 3.63) is 46.8 Å². The van der Waals surface area contributed by atoms with E-state index in [0.29, 0.717) is 19.7 Å². The van der Waals surface area contributed by atoms with E-state index in [1.165, 1.54) is 0 Å². The van der Waals surface area contributed by atoms with Crippen LogP contribution in [-0.2, 0) is 24.4 Å². The minimum absolute atomic E-state index is 0.587. The van der Waals surface area contributed by atoms with Crippen LogP contribution in [-0.4, -0.2) is 55.1 Å². The molecule has 0 spiro atoms. The van der Waals surface area contributed by atoms with Crippen LogP contribution in [0.15, 0.2) is 29.3 Å². The summed E-state index contributed by atoms with van der Waals surface area (Å²) in [5, 5.41) is 8.00. The molecule has 0 radical (unpaired) electrons. The average molecular weight is 388 g/mol. The molecule has 0 amide bonds. The van der Waals surface area contributed by atoms with Gasteiger partial charge in [-0.15, -0.1) is 0 Å². The lowest BCUT2D eigenvalue weighted by Crippen LogP contribution is -2.38. The largest absolute Gasteiger partial charge is 0.496 e. The molecule has 0 unspecified atom stereocenters. The third-order valence-electron chi connectivity index (χ3n) is 4.72. The number of hydrogen-bond donors (Lipinski definition) is 1. The Balaban J connectivity index is 2.17. The van der Waals surface area contributed by atoms with Gasteiger partial charge >= 0.3 is 0 Å². The van der Waals surface area contributed by atoms with Gasteiger partial charge in [0, 0.05) is 44.1 Å². The van der Waals surface area contributed by atoms with Gasteiger partial charge in [0.15, 0.2) is 5.96 Å². The summed E-state index contributed by atoms with van der Waals surface area (Å²) in [6, 6.07) is 8.06. The Bertz CT molecular complexity index is 785. The highest BCUT2D eigenvalue weighted by molar-refractivity contribution is 5.79. The molecule has 1 N–H and O–H groups in total. The molecule has 7 heteroatoms. The maximum absolute atomic E-state index is 5.47. The predicted octanol–water partition coefficient (Wildman–Crippen LogP) is 2.75. The topological polar surface area (TPSA) is 63.9 Å². The monoisotopic (exact) mass is 387 g/mol. The second-order valence-electron chi connectivity index (χ2n) is 6.70. The first kappa shape index (κ1) is 21.8. The molecule has 1 aromatic carbocycles. The molecule has 0 atom stereocenters. The van der Waals surface area contributed by atoms with Crippen LogP contribution in [0.5, 0.6) is 5.75 Å². The first-order valence-electron chi connectivity index (χ1n) is 9.64. The Morgan fingerprint density at radius 3 is 2.68 bits per heavy atom. The van der Waals surface area contributed by atoms with Crippen LogP contribution in [0.2, 0.25) is 0 Å². The summed E-state index contributed by atoms with van der Waals surface area (Å²) in [5.41, 5.74) is 4.44. The molecule has 0 saturated carbocycles. The summed E-state index contributed by atoms with van der Waals surface area (Å²) in [6.45, 7) is 9.70. The van der Waals surface area contributed by atoms with E-state index in [-0.39, 0.29) is 0 Å². The van der Waals surface area contributed by atoms with Crippen molar-refractivity contribution in [1.82, 2.24) is 20.0 Å². The number of aliphatic imine (C=N–C) groups is 1. The number of para-hydroxylation sites is 1. The number of nitrogens with zero attached hydrogens (tertiary/aromatic N) is 4. The van der Waals surface area contributed by atoms with Crippen LogP contribution in [0.25, 0.3) is 0 Å². The van der Waals surface area contributed by atoms with E-state index in [1.54, 1.807) is 14.2 Å². The highest BCUT2D eigenvalue weighted by Gasteiger charge is 2.13. The summed E-state index contributed by atoms with van der Waals surface area (Å²) in [7, 11) is 5.44. The highest BCUT2D eigenvalue weighted by Crippen LogP contribution is 2.19. The number of rotatable bonds is 9. The number of guanidine groups is 1. The van der Waals surface area contributed by atoms with Crippen molar-refractivity contribution in [2.75, 3.05) is 34.4 Å². The minimum Gasteiger partial charge on any atom is -0.496 e. The zero-order valence-corrected chi connectivity index (χ0v) is 18.0. The van der Waals surface area contributed by atoms with Crippen molar-refractivity contribution in [2.24, 2.45) is 4.99 Å². The first-order chi connectivity index (χ1) is 13.5. The highest BCUT2D eigenvalue weighted by atomic mass is 16.5. The maximum Gasteiger partial charge on any atom is 0.194 e. The molecule has 2 rings (SSSR count). The molecule has 0 aliphatic carbocycles. The van der Waals surface area contributed by atoms with Crippen molar-refractivity contribution in [1.29, 1.82) is 0 Å². The molecular weight excluding hydrogens is 354 g/mol. The number of nitrogens with one attached hydrogen (secondary N) is 1. The summed E-state index contributed by atoms with van der Waals surface area (Å²) in [4.78, 5) is 6.97. The van der Waals surface area contributed by atoms with Gasteiger partial charge in [-0.2, -0.15) is 5.10 Å². The van der Waals surface area contributed by atoms with Gasteiger partial charge in [-0.1, -0.05) is 18.2 Å². The van der Waals surface area contributed by atoms with E-state index in [4.69, 9.17) is 14.5 Å². The van der Waals surface area contributed by atoms with Crippen molar-refractivity contribution >= 4 is 5.96 Å². The zero-order chi connectivity index (χ0) is 20.5. The third kappa shape index (κ3) is 5.48. The van der Waals surface area contributed by atoms with Crippen molar-refractivity contribution in [3.63, 3.8) is 0 Å². The number of ether oxygens (including phenoxy) is 2. The molecule has 1 heterocycles. The molecule has 7 nitrogen and oxygen atoms in total. The van der Waals surface area contributed by atoms with Gasteiger partial charge in [0.05, 0.1) is 32.5 Å². The molecule has 154 valence electrons. The van der Waals surface area contributed by atoms with E-state index in [1.807, 2.05) is 36.9 Å². The predicted molar refractivity (Wildman–Crippen MR) is 113 cm³/mol. The van der Waals surface area contributed by atoms with Crippen LogP contribution in [0.1, 0.15) is 29.4 Å². The third-order valence-corrected chi connectivity index (χ3v) is 4.72. The Morgan fingerprint density at radius 2 is 2.00 bits per heavy atom. The fraction of sp³-hybridized carbons (Fsp3) is 0.524. The number of benzene rings is 1. The molecule has 0 saturated heterocycles. The first-order valence-corrected chi connectivity index (χ1v) is 9.64. The van der Waals surface area contributed by atoms with Crippen molar-refractivity contribution in [3.8, 4) is 5.75 Å². The number of hydrogen-bond acceptors (Lipinski definition) is 4. The number of methoxy groups -OCH3 is 2. The van der Waals surface area contributed by atoms with Crippen molar-refractivity contribution < 1.29 is 9.47 Å². The van der Waals surface area contributed by atoms with Crippen molar-refractivity contribution in [2.45, 2.75) is 40.4 Å². The van der Waals surface area contributed by atoms with E-state index in [2.05, 4.69) is 35.2 Å². The van der Waals surface area contributed by atoms with Gasteiger partial charge in [0.25, 0.3) is 0 Å². The van der Waals surface area contributed by atoms with Crippen LogP contribution < -0.4 is 10.1 Å². The molecule has 0 aliphatic heterocycles. The van der Waals surface area contributed by atoms with Crippen LogP contribution in [0.3, 0.4) is 0 Å². The van der Waals surface area contributed by atoms with Crippen LogP contribution in [0.4, 0.5) is 0 Å². The van der Waals surface area contributed by atoms with E-state index >= 15 is 0 Å². The van der Waals surface area contributed by atoms with Gasteiger partial charge in [-0.3, -0.25) is 4.68 Å². The normalized spacial score (nSPS) is 11.6. The molecule has 0 fully saturated rings. The fourth-order valence-electron chi connectivity index (χ4n) is 3.15. The molecule has 28 heavy (non-hydrogen) atoms. The fourth-order valence-corrected chi connectivity index (χ4v) is 3.15. The Morgan fingerprint density at radius 1 is 1.25 bits per heavy atom. The summed E-state index contributed by atoms with van der Waals surface area (Å²) in [6.07, 6.45) is 0. The van der Waals surface area contributed by atoms with E-state index in [0.717, 1.165) is 47.3 Å². The second kappa shape index (κ2) is 10.7. The summed E-state index contributed by atoms with van der Waals surface area (Å²) < 4.78 is 12.6. The SMILES string of the molecule is CCNC(=NCc1c(C)nn(CCOC)c1C)N(C)Cc1ccccc1OC. The standard InChI is InChI=1S/C21H33N5O2/c1-7-22-21(25(4)15-18-10-8-9-11-20(18)28-6)23-14-19-16(2)24-26(17(19)3)12-13-27-5/h8-11H,7,12-15H2,1-6H3,(H,22,23). The summed E-state index contributed by atoms with van der Waals surface area (Å²) >= 11 is 0. The zero-order valence-electron chi connectivity index (χ0n) is 18.0. The molecule has 0 aliphatic rings. The number of aromatic nitrogens is 2. The van der Waals surface area contributed by atoms with E-state index in [9.17, 15) is 0 Å².